The van der Waals surface area contributed by atoms with Crippen LogP contribution >= 0.6 is 0 Å². The lowest BCUT2D eigenvalue weighted by Gasteiger charge is -2.18. The molecule has 1 unspecified atom stereocenters. The maximum atomic E-state index is 13.2. The van der Waals surface area contributed by atoms with Crippen molar-refractivity contribution < 1.29 is 28.5 Å². The van der Waals surface area contributed by atoms with Gasteiger partial charge in [0.1, 0.15) is 0 Å². The number of methoxy groups -OCH3 is 3. The number of hydrogen-bond acceptors (Lipinski definition) is 6. The molecule has 7 nitrogen and oxygen atoms in total. The van der Waals surface area contributed by atoms with Crippen molar-refractivity contribution in [3.05, 3.63) is 89.0 Å². The molecule has 3 rings (SSSR count). The highest BCUT2D eigenvalue weighted by Crippen LogP contribution is 2.38. The Kier molecular flexibility index (Phi) is 8.51. The van der Waals surface area contributed by atoms with Gasteiger partial charge < -0.3 is 24.3 Å². The number of amides is 1. The van der Waals surface area contributed by atoms with E-state index in [-0.39, 0.29) is 0 Å². The van der Waals surface area contributed by atoms with E-state index in [1.165, 1.54) is 27.4 Å². The summed E-state index contributed by atoms with van der Waals surface area (Å²) in [5, 5.41) is 2.88. The molecule has 35 heavy (non-hydrogen) atoms. The second kappa shape index (κ2) is 11.7. The van der Waals surface area contributed by atoms with Gasteiger partial charge in [-0.25, -0.2) is 4.79 Å². The van der Waals surface area contributed by atoms with Crippen molar-refractivity contribution in [2.24, 2.45) is 0 Å². The summed E-state index contributed by atoms with van der Waals surface area (Å²) >= 11 is 0. The molecule has 0 spiro atoms. The average molecular weight is 476 g/mol. The van der Waals surface area contributed by atoms with E-state index in [0.29, 0.717) is 34.1 Å². The molecule has 1 amide bonds. The smallest absolute Gasteiger partial charge is 0.331 e. The van der Waals surface area contributed by atoms with Gasteiger partial charge in [0, 0.05) is 17.3 Å². The number of carbonyl (C=O) groups is 2. The number of aryl methyl sites for hydroxylation is 2. The van der Waals surface area contributed by atoms with Gasteiger partial charge in [-0.1, -0.05) is 42.5 Å². The van der Waals surface area contributed by atoms with Crippen molar-refractivity contribution >= 4 is 23.6 Å². The molecule has 0 fully saturated rings. The molecule has 0 saturated carbocycles. The SMILES string of the molecule is COc1cc(/C=C/C(=O)OC(C(=O)Nc2cc(C)ccc2C)c2ccccc2)cc(OC)c1OC. The van der Waals surface area contributed by atoms with Crippen LogP contribution in [-0.4, -0.2) is 33.2 Å². The van der Waals surface area contributed by atoms with E-state index < -0.39 is 18.0 Å². The summed E-state index contributed by atoms with van der Waals surface area (Å²) < 4.78 is 21.6. The first-order valence-electron chi connectivity index (χ1n) is 11.0. The Labute approximate surface area is 205 Å². The Morgan fingerprint density at radius 2 is 1.51 bits per heavy atom. The lowest BCUT2D eigenvalue weighted by atomic mass is 10.1. The summed E-state index contributed by atoms with van der Waals surface area (Å²) in [5.41, 5.74) is 3.77. The van der Waals surface area contributed by atoms with Gasteiger partial charge in [-0.3, -0.25) is 4.79 Å². The summed E-state index contributed by atoms with van der Waals surface area (Å²) in [6, 6.07) is 18.0. The first-order valence-corrected chi connectivity index (χ1v) is 11.0. The number of carbonyl (C=O) groups excluding carboxylic acids is 2. The van der Waals surface area contributed by atoms with Gasteiger partial charge >= 0.3 is 5.97 Å². The first kappa shape index (κ1) is 25.4. The van der Waals surface area contributed by atoms with Crippen molar-refractivity contribution in [3.8, 4) is 17.2 Å². The van der Waals surface area contributed by atoms with Crippen molar-refractivity contribution in [1.82, 2.24) is 0 Å². The fraction of sp³-hybridized carbons (Fsp3) is 0.214. The van der Waals surface area contributed by atoms with Gasteiger partial charge in [-0.15, -0.1) is 0 Å². The largest absolute Gasteiger partial charge is 0.493 e. The van der Waals surface area contributed by atoms with E-state index >= 15 is 0 Å². The quantitative estimate of drug-likeness (QED) is 0.336. The minimum atomic E-state index is -1.13. The van der Waals surface area contributed by atoms with Gasteiger partial charge in [0.05, 0.1) is 21.3 Å². The Bertz CT molecular complexity index is 1190. The number of hydrogen-bond donors (Lipinski definition) is 1. The van der Waals surface area contributed by atoms with E-state index in [0.717, 1.165) is 11.1 Å². The molecule has 182 valence electrons. The van der Waals surface area contributed by atoms with Crippen LogP contribution < -0.4 is 19.5 Å². The van der Waals surface area contributed by atoms with Gasteiger partial charge in [0.2, 0.25) is 11.9 Å². The summed E-state index contributed by atoms with van der Waals surface area (Å²) in [4.78, 5) is 25.9. The molecule has 7 heteroatoms. The molecule has 0 aliphatic carbocycles. The van der Waals surface area contributed by atoms with Crippen LogP contribution in [-0.2, 0) is 14.3 Å². The third kappa shape index (κ3) is 6.41. The number of benzene rings is 3. The number of ether oxygens (including phenoxy) is 4. The number of rotatable bonds is 9. The molecule has 1 N–H and O–H groups in total. The van der Waals surface area contributed by atoms with Crippen LogP contribution in [0.5, 0.6) is 17.2 Å². The van der Waals surface area contributed by atoms with Crippen LogP contribution in [0, 0.1) is 13.8 Å². The second-order valence-corrected chi connectivity index (χ2v) is 7.83. The maximum Gasteiger partial charge on any atom is 0.331 e. The monoisotopic (exact) mass is 475 g/mol. The minimum absolute atomic E-state index is 0.445. The number of anilines is 1. The third-order valence-electron chi connectivity index (χ3n) is 5.32. The van der Waals surface area contributed by atoms with Gasteiger partial charge in [-0.2, -0.15) is 0 Å². The fourth-order valence-electron chi connectivity index (χ4n) is 3.49. The molecule has 3 aromatic rings. The molecule has 0 bridgehead atoms. The zero-order valence-corrected chi connectivity index (χ0v) is 20.5. The van der Waals surface area contributed by atoms with Crippen LogP contribution in [0.4, 0.5) is 5.69 Å². The van der Waals surface area contributed by atoms with E-state index in [1.54, 1.807) is 42.5 Å². The van der Waals surface area contributed by atoms with Crippen LogP contribution in [0.25, 0.3) is 6.08 Å². The first-order chi connectivity index (χ1) is 16.9. The molecule has 3 aromatic carbocycles. The summed E-state index contributed by atoms with van der Waals surface area (Å²) in [7, 11) is 4.54. The Hall–Kier alpha value is -4.26. The molecule has 0 saturated heterocycles. The Morgan fingerprint density at radius 3 is 2.11 bits per heavy atom. The average Bonchev–Trinajstić information content (AvgIpc) is 2.87. The Morgan fingerprint density at radius 1 is 0.857 bits per heavy atom. The van der Waals surface area contributed by atoms with E-state index in [1.807, 2.05) is 38.1 Å². The highest BCUT2D eigenvalue weighted by molar-refractivity contribution is 5.98. The van der Waals surface area contributed by atoms with Crippen molar-refractivity contribution in [2.75, 3.05) is 26.6 Å². The van der Waals surface area contributed by atoms with E-state index in [4.69, 9.17) is 18.9 Å². The summed E-state index contributed by atoms with van der Waals surface area (Å²) in [5.74, 6) is 0.231. The molecular weight excluding hydrogens is 446 g/mol. The second-order valence-electron chi connectivity index (χ2n) is 7.83. The lowest BCUT2D eigenvalue weighted by Crippen LogP contribution is -2.25. The molecular formula is C28H29NO6. The molecule has 0 radical (unpaired) electrons. The fourth-order valence-corrected chi connectivity index (χ4v) is 3.49. The van der Waals surface area contributed by atoms with Crippen LogP contribution in [0.2, 0.25) is 0 Å². The van der Waals surface area contributed by atoms with E-state index in [9.17, 15) is 9.59 Å². The highest BCUT2D eigenvalue weighted by Gasteiger charge is 2.25. The van der Waals surface area contributed by atoms with Crippen LogP contribution in [0.15, 0.2) is 66.7 Å². The van der Waals surface area contributed by atoms with Crippen LogP contribution in [0.1, 0.15) is 28.4 Å². The summed E-state index contributed by atoms with van der Waals surface area (Å²) in [6.45, 7) is 3.84. The van der Waals surface area contributed by atoms with Gasteiger partial charge in [-0.05, 0) is 54.8 Å². The summed E-state index contributed by atoms with van der Waals surface area (Å²) in [6.07, 6.45) is 1.67. The van der Waals surface area contributed by atoms with Gasteiger partial charge in [0.15, 0.2) is 11.5 Å². The van der Waals surface area contributed by atoms with E-state index in [2.05, 4.69) is 5.32 Å². The molecule has 0 aliphatic rings. The molecule has 1 atom stereocenters. The van der Waals surface area contributed by atoms with Crippen LogP contribution in [0.3, 0.4) is 0 Å². The highest BCUT2D eigenvalue weighted by atomic mass is 16.5. The molecule has 0 aromatic heterocycles. The van der Waals surface area contributed by atoms with Crippen molar-refractivity contribution in [1.29, 1.82) is 0 Å². The predicted molar refractivity (Wildman–Crippen MR) is 135 cm³/mol. The van der Waals surface area contributed by atoms with Crippen molar-refractivity contribution in [3.63, 3.8) is 0 Å². The minimum Gasteiger partial charge on any atom is -0.493 e. The predicted octanol–water partition coefficient (Wildman–Crippen LogP) is 5.27. The molecule has 0 heterocycles. The molecule has 0 aliphatic heterocycles. The number of esters is 1. The normalized spacial score (nSPS) is 11.6. The zero-order chi connectivity index (χ0) is 25.4. The zero-order valence-electron chi connectivity index (χ0n) is 20.5. The standard InChI is InChI=1S/C28H29NO6/c1-18-11-12-19(2)22(15-18)29-28(31)26(21-9-7-6-8-10-21)35-25(30)14-13-20-16-23(32-3)27(34-5)24(17-20)33-4/h6-17,26H,1-5H3,(H,29,31)/b14-13+. The number of nitrogens with one attached hydrogen (secondary N) is 1. The third-order valence-corrected chi connectivity index (χ3v) is 5.32. The maximum absolute atomic E-state index is 13.2. The van der Waals surface area contributed by atoms with Crippen molar-refractivity contribution in [2.45, 2.75) is 20.0 Å². The topological polar surface area (TPSA) is 83.1 Å². The van der Waals surface area contributed by atoms with Gasteiger partial charge in [0.25, 0.3) is 5.91 Å². The Balaban J connectivity index is 1.83. The lowest BCUT2D eigenvalue weighted by molar-refractivity contribution is -0.149.